The molecule has 0 bridgehead atoms. The van der Waals surface area contributed by atoms with Crippen LogP contribution in [0.15, 0.2) is 53.5 Å². The van der Waals surface area contributed by atoms with Crippen molar-refractivity contribution in [2.75, 3.05) is 39.1 Å². The highest BCUT2D eigenvalue weighted by molar-refractivity contribution is 5.99. The number of rotatable bonds is 3. The van der Waals surface area contributed by atoms with Gasteiger partial charge in [-0.25, -0.2) is 0 Å². The van der Waals surface area contributed by atoms with E-state index in [0.717, 1.165) is 24.6 Å². The molecule has 5 nitrogen and oxygen atoms in total. The lowest BCUT2D eigenvalue weighted by atomic mass is 10.0. The second kappa shape index (κ2) is 7.38. The Kier molecular flexibility index (Phi) is 5.03. The van der Waals surface area contributed by atoms with Crippen molar-refractivity contribution >= 4 is 17.6 Å². The molecule has 25 heavy (non-hydrogen) atoms. The van der Waals surface area contributed by atoms with Crippen LogP contribution in [0.5, 0.6) is 0 Å². The summed E-state index contributed by atoms with van der Waals surface area (Å²) in [6, 6.07) is 16.9. The van der Waals surface area contributed by atoms with Crippen LogP contribution < -0.4 is 10.2 Å². The van der Waals surface area contributed by atoms with Crippen molar-refractivity contribution in [3.63, 3.8) is 0 Å². The number of fused-ring (bicyclic) bond motifs is 1. The van der Waals surface area contributed by atoms with Crippen LogP contribution in [0.3, 0.4) is 0 Å². The van der Waals surface area contributed by atoms with E-state index in [1.165, 1.54) is 16.7 Å². The predicted molar refractivity (Wildman–Crippen MR) is 103 cm³/mol. The van der Waals surface area contributed by atoms with Gasteiger partial charge in [0.2, 0.25) is 5.91 Å². The van der Waals surface area contributed by atoms with E-state index in [-0.39, 0.29) is 12.5 Å². The summed E-state index contributed by atoms with van der Waals surface area (Å²) in [4.78, 5) is 19.9. The molecule has 0 atom stereocenters. The molecule has 0 saturated carbocycles. The summed E-state index contributed by atoms with van der Waals surface area (Å²) in [5.74, 6) is 0.765. The first-order chi connectivity index (χ1) is 12.1. The first-order valence-electron chi connectivity index (χ1n) is 8.47. The number of benzene rings is 2. The molecular weight excluding hydrogens is 312 g/mol. The number of hydrogen-bond donors (Lipinski definition) is 1. The van der Waals surface area contributed by atoms with Crippen molar-refractivity contribution in [3.05, 3.63) is 54.1 Å². The second-order valence-electron chi connectivity index (χ2n) is 6.30. The Morgan fingerprint density at radius 3 is 2.60 bits per heavy atom. The summed E-state index contributed by atoms with van der Waals surface area (Å²) in [6.45, 7) is 1.11. The summed E-state index contributed by atoms with van der Waals surface area (Å²) in [7, 11) is 5.25. The lowest BCUT2D eigenvalue weighted by Crippen LogP contribution is -2.44. The van der Waals surface area contributed by atoms with Gasteiger partial charge in [-0.2, -0.15) is 0 Å². The number of aliphatic imine (C=N–C) groups is 1. The molecule has 0 spiro atoms. The van der Waals surface area contributed by atoms with E-state index in [4.69, 9.17) is 0 Å². The highest BCUT2D eigenvalue weighted by Gasteiger charge is 2.23. The molecule has 3 rings (SSSR count). The Morgan fingerprint density at radius 1 is 1.16 bits per heavy atom. The van der Waals surface area contributed by atoms with E-state index in [0.29, 0.717) is 0 Å². The summed E-state index contributed by atoms with van der Waals surface area (Å²) >= 11 is 0. The molecule has 1 aliphatic rings. The molecule has 2 aromatic rings. The van der Waals surface area contributed by atoms with Crippen molar-refractivity contribution in [2.24, 2.45) is 4.99 Å². The maximum atomic E-state index is 11.8. The number of anilines is 1. The van der Waals surface area contributed by atoms with Crippen LogP contribution in [0.4, 0.5) is 5.69 Å². The molecule has 0 aromatic heterocycles. The number of nitrogens with zero attached hydrogens (tertiary/aromatic N) is 3. The minimum atomic E-state index is 0.0278. The molecule has 1 N–H and O–H groups in total. The Labute approximate surface area is 149 Å². The van der Waals surface area contributed by atoms with Crippen LogP contribution in [0.1, 0.15) is 5.56 Å². The maximum Gasteiger partial charge on any atom is 0.241 e. The van der Waals surface area contributed by atoms with Crippen LogP contribution >= 0.6 is 0 Å². The third-order valence-corrected chi connectivity index (χ3v) is 4.45. The number of carbonyl (C=O) groups excluding carboxylic acids is 1. The van der Waals surface area contributed by atoms with Gasteiger partial charge in [0.25, 0.3) is 0 Å². The van der Waals surface area contributed by atoms with Gasteiger partial charge in [0, 0.05) is 33.4 Å². The fraction of sp³-hybridized carbons (Fsp3) is 0.300. The zero-order valence-corrected chi connectivity index (χ0v) is 15.0. The SMILES string of the molecule is CN=C(NCC(=O)N(C)C)N1CCc2cc(-c3ccccc3)ccc21. The van der Waals surface area contributed by atoms with Crippen LogP contribution in [0.25, 0.3) is 11.1 Å². The predicted octanol–water partition coefficient (Wildman–Crippen LogP) is 2.38. The minimum Gasteiger partial charge on any atom is -0.347 e. The van der Waals surface area contributed by atoms with Crippen LogP contribution in [-0.2, 0) is 11.2 Å². The van der Waals surface area contributed by atoms with E-state index >= 15 is 0 Å². The number of hydrogen-bond acceptors (Lipinski definition) is 2. The summed E-state index contributed by atoms with van der Waals surface area (Å²) < 4.78 is 0. The average Bonchev–Trinajstić information content (AvgIpc) is 3.06. The zero-order chi connectivity index (χ0) is 17.8. The molecule has 0 saturated heterocycles. The molecule has 0 aliphatic carbocycles. The quantitative estimate of drug-likeness (QED) is 0.691. The Bertz CT molecular complexity index is 784. The zero-order valence-electron chi connectivity index (χ0n) is 15.0. The third-order valence-electron chi connectivity index (χ3n) is 4.45. The second-order valence-corrected chi connectivity index (χ2v) is 6.30. The molecule has 0 radical (unpaired) electrons. The monoisotopic (exact) mass is 336 g/mol. The van der Waals surface area contributed by atoms with Gasteiger partial charge < -0.3 is 15.1 Å². The van der Waals surface area contributed by atoms with Crippen LogP contribution in [-0.4, -0.2) is 51.0 Å². The van der Waals surface area contributed by atoms with Gasteiger partial charge in [-0.1, -0.05) is 36.4 Å². The van der Waals surface area contributed by atoms with Crippen molar-refractivity contribution in [1.82, 2.24) is 10.2 Å². The van der Waals surface area contributed by atoms with Gasteiger partial charge in [0.05, 0.1) is 6.54 Å². The van der Waals surface area contributed by atoms with Crippen molar-refractivity contribution in [3.8, 4) is 11.1 Å². The van der Waals surface area contributed by atoms with Gasteiger partial charge in [-0.05, 0) is 35.2 Å². The highest BCUT2D eigenvalue weighted by Crippen LogP contribution is 2.32. The molecule has 0 unspecified atom stereocenters. The summed E-state index contributed by atoms with van der Waals surface area (Å²) in [6.07, 6.45) is 0.971. The Morgan fingerprint density at radius 2 is 1.92 bits per heavy atom. The molecule has 1 heterocycles. The Hall–Kier alpha value is -2.82. The number of nitrogens with one attached hydrogen (secondary N) is 1. The van der Waals surface area contributed by atoms with Gasteiger partial charge >= 0.3 is 0 Å². The van der Waals surface area contributed by atoms with Crippen molar-refractivity contribution in [2.45, 2.75) is 6.42 Å². The maximum absolute atomic E-state index is 11.8. The van der Waals surface area contributed by atoms with E-state index in [1.807, 2.05) is 6.07 Å². The lowest BCUT2D eigenvalue weighted by molar-refractivity contribution is -0.127. The molecular formula is C20H24N4O. The lowest BCUT2D eigenvalue weighted by Gasteiger charge is -2.23. The number of amides is 1. The van der Waals surface area contributed by atoms with Gasteiger partial charge in [-0.3, -0.25) is 9.79 Å². The first-order valence-corrected chi connectivity index (χ1v) is 8.47. The molecule has 0 fully saturated rings. The number of guanidine groups is 1. The molecule has 2 aromatic carbocycles. The number of likely N-dealkylation sites (N-methyl/N-ethyl adjacent to an activating group) is 1. The van der Waals surface area contributed by atoms with Gasteiger partial charge in [-0.15, -0.1) is 0 Å². The van der Waals surface area contributed by atoms with Crippen LogP contribution in [0.2, 0.25) is 0 Å². The van der Waals surface area contributed by atoms with Crippen molar-refractivity contribution in [1.29, 1.82) is 0 Å². The normalized spacial score (nSPS) is 13.6. The fourth-order valence-electron chi connectivity index (χ4n) is 3.04. The summed E-state index contributed by atoms with van der Waals surface area (Å²) in [5.41, 5.74) is 4.92. The standard InChI is InChI=1S/C20H24N4O/c1-21-20(22-14-19(25)23(2)3)24-12-11-17-13-16(9-10-18(17)24)15-7-5-4-6-8-15/h4-10,13H,11-12,14H2,1-3H3,(H,21,22). The van der Waals surface area contributed by atoms with E-state index < -0.39 is 0 Å². The molecule has 5 heteroatoms. The average molecular weight is 336 g/mol. The van der Waals surface area contributed by atoms with Gasteiger partial charge in [0.15, 0.2) is 5.96 Å². The van der Waals surface area contributed by atoms with E-state index in [2.05, 4.69) is 57.7 Å². The first kappa shape index (κ1) is 17.0. The number of carbonyl (C=O) groups is 1. The third kappa shape index (κ3) is 3.65. The van der Waals surface area contributed by atoms with Gasteiger partial charge in [0.1, 0.15) is 0 Å². The molecule has 1 aliphatic heterocycles. The Balaban J connectivity index is 1.78. The van der Waals surface area contributed by atoms with E-state index in [1.54, 1.807) is 26.0 Å². The largest absolute Gasteiger partial charge is 0.347 e. The fourth-order valence-corrected chi connectivity index (χ4v) is 3.04. The topological polar surface area (TPSA) is 47.9 Å². The smallest absolute Gasteiger partial charge is 0.241 e. The van der Waals surface area contributed by atoms with E-state index in [9.17, 15) is 4.79 Å². The molecule has 130 valence electrons. The van der Waals surface area contributed by atoms with Crippen molar-refractivity contribution < 1.29 is 4.79 Å². The molecule has 1 amide bonds. The highest BCUT2D eigenvalue weighted by atomic mass is 16.2. The minimum absolute atomic E-state index is 0.0278. The summed E-state index contributed by atoms with van der Waals surface area (Å²) in [5, 5.41) is 3.16. The van der Waals surface area contributed by atoms with Crippen LogP contribution in [0, 0.1) is 0 Å².